The largest absolute Gasteiger partial charge is 0.385 e. The molecule has 0 radical (unpaired) electrons. The zero-order chi connectivity index (χ0) is 10.4. The second kappa shape index (κ2) is 5.21. The molecule has 1 aromatic carbocycles. The molecule has 0 aliphatic carbocycles. The van der Waals surface area contributed by atoms with E-state index in [2.05, 4.69) is 5.32 Å². The van der Waals surface area contributed by atoms with Crippen LogP contribution in [0, 0.1) is 16.0 Å². The van der Waals surface area contributed by atoms with Gasteiger partial charge in [-0.2, -0.15) is 0 Å². The number of nitrogens with one attached hydrogen (secondary N) is 1. The summed E-state index contributed by atoms with van der Waals surface area (Å²) in [5.74, 6) is 0.0465. The van der Waals surface area contributed by atoms with E-state index in [4.69, 9.17) is 0 Å². The Morgan fingerprint density at radius 3 is 2.64 bits per heavy atom. The molecule has 1 rings (SSSR count). The third kappa shape index (κ3) is 3.89. The van der Waals surface area contributed by atoms with Crippen molar-refractivity contribution in [1.29, 1.82) is 0 Å². The topological polar surface area (TPSA) is 55.2 Å². The molecule has 0 aliphatic rings. The number of rotatable bonds is 5. The molecular formula is C10H14N2O2. The normalized spacial score (nSPS) is 12.1. The first kappa shape index (κ1) is 10.5. The van der Waals surface area contributed by atoms with Gasteiger partial charge in [0, 0.05) is 23.1 Å². The summed E-state index contributed by atoms with van der Waals surface area (Å²) in [6, 6.07) is 9.68. The zero-order valence-electron chi connectivity index (χ0n) is 8.14. The molecule has 1 unspecified atom stereocenters. The van der Waals surface area contributed by atoms with Crippen LogP contribution in [0.15, 0.2) is 30.3 Å². The maximum atomic E-state index is 10.2. The number of nitrogens with zero attached hydrogens (tertiary/aromatic N) is 1. The average molecular weight is 194 g/mol. The lowest BCUT2D eigenvalue weighted by molar-refractivity contribution is -0.486. The van der Waals surface area contributed by atoms with E-state index in [0.717, 1.165) is 5.69 Å². The Hall–Kier alpha value is -1.58. The quantitative estimate of drug-likeness (QED) is 0.576. The zero-order valence-corrected chi connectivity index (χ0v) is 8.14. The van der Waals surface area contributed by atoms with Gasteiger partial charge in [-0.15, -0.1) is 0 Å². The standard InChI is InChI=1S/C10H14N2O2/c1-9(8-12(13)14)7-11-10-5-3-2-4-6-10/h2-6,9,11H,7-8H2,1H3. The van der Waals surface area contributed by atoms with Crippen LogP contribution >= 0.6 is 0 Å². The third-order valence-electron chi connectivity index (χ3n) is 1.89. The number of para-hydroxylation sites is 1. The molecule has 14 heavy (non-hydrogen) atoms. The van der Waals surface area contributed by atoms with Crippen LogP contribution in [0.25, 0.3) is 0 Å². The Morgan fingerprint density at radius 2 is 2.07 bits per heavy atom. The summed E-state index contributed by atoms with van der Waals surface area (Å²) in [5, 5.41) is 13.3. The Balaban J connectivity index is 2.30. The van der Waals surface area contributed by atoms with Gasteiger partial charge in [-0.05, 0) is 12.1 Å². The summed E-state index contributed by atoms with van der Waals surface area (Å²) >= 11 is 0. The first-order valence-electron chi connectivity index (χ1n) is 4.59. The van der Waals surface area contributed by atoms with Crippen molar-refractivity contribution in [3.8, 4) is 0 Å². The lowest BCUT2D eigenvalue weighted by Gasteiger charge is -2.09. The van der Waals surface area contributed by atoms with Crippen molar-refractivity contribution in [3.63, 3.8) is 0 Å². The van der Waals surface area contributed by atoms with Gasteiger partial charge in [0.2, 0.25) is 6.54 Å². The van der Waals surface area contributed by atoms with E-state index in [1.54, 1.807) is 0 Å². The SMILES string of the molecule is CC(CNc1ccccc1)C[N+](=O)[O-]. The first-order chi connectivity index (χ1) is 6.68. The van der Waals surface area contributed by atoms with Crippen molar-refractivity contribution in [3.05, 3.63) is 40.4 Å². The van der Waals surface area contributed by atoms with Crippen LogP contribution < -0.4 is 5.32 Å². The molecule has 0 amide bonds. The van der Waals surface area contributed by atoms with Crippen LogP contribution in [0.5, 0.6) is 0 Å². The molecule has 4 heteroatoms. The molecule has 76 valence electrons. The number of nitro groups is 1. The monoisotopic (exact) mass is 194 g/mol. The Labute approximate surface area is 83.1 Å². The summed E-state index contributed by atoms with van der Waals surface area (Å²) in [5.41, 5.74) is 1.00. The summed E-state index contributed by atoms with van der Waals surface area (Å²) in [4.78, 5) is 9.92. The minimum absolute atomic E-state index is 0.0137. The smallest absolute Gasteiger partial charge is 0.208 e. The number of benzene rings is 1. The van der Waals surface area contributed by atoms with Gasteiger partial charge in [-0.1, -0.05) is 25.1 Å². The molecule has 0 saturated carbocycles. The van der Waals surface area contributed by atoms with Crippen LogP contribution in [0.1, 0.15) is 6.92 Å². The summed E-state index contributed by atoms with van der Waals surface area (Å²) < 4.78 is 0. The van der Waals surface area contributed by atoms with Gasteiger partial charge in [0.05, 0.1) is 0 Å². The molecule has 1 N–H and O–H groups in total. The molecule has 1 aromatic rings. The highest BCUT2D eigenvalue weighted by Crippen LogP contribution is 2.06. The van der Waals surface area contributed by atoms with Crippen LogP contribution in [-0.4, -0.2) is 18.0 Å². The van der Waals surface area contributed by atoms with Gasteiger partial charge < -0.3 is 5.32 Å². The fourth-order valence-corrected chi connectivity index (χ4v) is 1.17. The second-order valence-electron chi connectivity index (χ2n) is 3.37. The number of anilines is 1. The van der Waals surface area contributed by atoms with E-state index in [1.165, 1.54) is 0 Å². The minimum Gasteiger partial charge on any atom is -0.385 e. The van der Waals surface area contributed by atoms with E-state index in [9.17, 15) is 10.1 Å². The molecule has 4 nitrogen and oxygen atoms in total. The molecule has 0 fully saturated rings. The minimum atomic E-state index is -0.280. The van der Waals surface area contributed by atoms with Crippen LogP contribution in [0.3, 0.4) is 0 Å². The van der Waals surface area contributed by atoms with Crippen LogP contribution in [-0.2, 0) is 0 Å². The van der Waals surface area contributed by atoms with Crippen molar-refractivity contribution in [2.75, 3.05) is 18.4 Å². The summed E-state index contributed by atoms with van der Waals surface area (Å²) in [6.45, 7) is 2.50. The van der Waals surface area contributed by atoms with E-state index >= 15 is 0 Å². The van der Waals surface area contributed by atoms with Gasteiger partial charge >= 0.3 is 0 Å². The third-order valence-corrected chi connectivity index (χ3v) is 1.89. The predicted octanol–water partition coefficient (Wildman–Crippen LogP) is 2.01. The predicted molar refractivity (Wildman–Crippen MR) is 56.0 cm³/mol. The fraction of sp³-hybridized carbons (Fsp3) is 0.400. The molecule has 0 aliphatic heterocycles. The van der Waals surface area contributed by atoms with Gasteiger partial charge in [-0.3, -0.25) is 10.1 Å². The number of hydrogen-bond acceptors (Lipinski definition) is 3. The van der Waals surface area contributed by atoms with Crippen molar-refractivity contribution in [2.24, 2.45) is 5.92 Å². The van der Waals surface area contributed by atoms with Crippen molar-refractivity contribution >= 4 is 5.69 Å². The Morgan fingerprint density at radius 1 is 1.43 bits per heavy atom. The van der Waals surface area contributed by atoms with Gasteiger partial charge in [0.1, 0.15) is 0 Å². The van der Waals surface area contributed by atoms with E-state index in [-0.39, 0.29) is 17.4 Å². The van der Waals surface area contributed by atoms with Crippen molar-refractivity contribution < 1.29 is 4.92 Å². The van der Waals surface area contributed by atoms with Crippen LogP contribution in [0.2, 0.25) is 0 Å². The Kier molecular flexibility index (Phi) is 3.91. The number of hydrogen-bond donors (Lipinski definition) is 1. The summed E-state index contributed by atoms with van der Waals surface area (Å²) in [6.07, 6.45) is 0. The van der Waals surface area contributed by atoms with E-state index in [0.29, 0.717) is 6.54 Å². The molecule has 1 atom stereocenters. The fourth-order valence-electron chi connectivity index (χ4n) is 1.17. The second-order valence-corrected chi connectivity index (χ2v) is 3.37. The summed E-state index contributed by atoms with van der Waals surface area (Å²) in [7, 11) is 0. The molecule has 0 saturated heterocycles. The first-order valence-corrected chi connectivity index (χ1v) is 4.59. The highest BCUT2D eigenvalue weighted by atomic mass is 16.6. The van der Waals surface area contributed by atoms with Gasteiger partial charge in [-0.25, -0.2) is 0 Å². The van der Waals surface area contributed by atoms with E-state index < -0.39 is 0 Å². The van der Waals surface area contributed by atoms with Gasteiger partial charge in [0.15, 0.2) is 0 Å². The average Bonchev–Trinajstić information content (AvgIpc) is 2.15. The molecular weight excluding hydrogens is 180 g/mol. The molecule has 0 aromatic heterocycles. The maximum absolute atomic E-state index is 10.2. The van der Waals surface area contributed by atoms with Gasteiger partial charge in [0.25, 0.3) is 0 Å². The van der Waals surface area contributed by atoms with E-state index in [1.807, 2.05) is 37.3 Å². The lowest BCUT2D eigenvalue weighted by atomic mass is 10.2. The molecule has 0 spiro atoms. The van der Waals surface area contributed by atoms with Crippen molar-refractivity contribution in [2.45, 2.75) is 6.92 Å². The lowest BCUT2D eigenvalue weighted by Crippen LogP contribution is -2.19. The Bertz CT molecular complexity index is 287. The maximum Gasteiger partial charge on any atom is 0.208 e. The highest BCUT2D eigenvalue weighted by Gasteiger charge is 2.08. The molecule has 0 bridgehead atoms. The highest BCUT2D eigenvalue weighted by molar-refractivity contribution is 5.42. The molecule has 0 heterocycles. The van der Waals surface area contributed by atoms with Crippen molar-refractivity contribution in [1.82, 2.24) is 0 Å². The van der Waals surface area contributed by atoms with Crippen LogP contribution in [0.4, 0.5) is 5.69 Å².